The number of alkyl halides is 3. The number of anilines is 1. The van der Waals surface area contributed by atoms with Crippen LogP contribution in [0, 0.1) is 0 Å². The molecule has 0 aliphatic carbocycles. The van der Waals surface area contributed by atoms with Gasteiger partial charge in [-0.2, -0.15) is 21.6 Å². The number of sulfonamides is 1. The molecule has 0 unspecified atom stereocenters. The third kappa shape index (κ3) is 3.34. The molecule has 0 aliphatic heterocycles. The van der Waals surface area contributed by atoms with Crippen LogP contribution in [0.5, 0.6) is 0 Å². The molecule has 0 spiro atoms. The maximum Gasteiger partial charge on any atom is 0.416 e. The molecule has 0 aliphatic rings. The van der Waals surface area contributed by atoms with Crippen molar-refractivity contribution in [2.24, 2.45) is 5.73 Å². The van der Waals surface area contributed by atoms with E-state index in [0.29, 0.717) is 0 Å². The van der Waals surface area contributed by atoms with Crippen molar-refractivity contribution >= 4 is 15.7 Å². The summed E-state index contributed by atoms with van der Waals surface area (Å²) in [5.41, 5.74) is 4.50. The molecule has 0 bridgehead atoms. The third-order valence-corrected chi connectivity index (χ3v) is 3.95. The number of nitrogens with one attached hydrogen (secondary N) is 2. The van der Waals surface area contributed by atoms with Crippen molar-refractivity contribution in [2.75, 3.05) is 4.72 Å². The predicted molar refractivity (Wildman–Crippen MR) is 68.7 cm³/mol. The quantitative estimate of drug-likeness (QED) is 0.798. The second-order valence-electron chi connectivity index (χ2n) is 4.10. The molecule has 0 atom stereocenters. The fraction of sp³-hybridized carbons (Fsp3) is 0.182. The van der Waals surface area contributed by atoms with Crippen LogP contribution in [0.15, 0.2) is 35.7 Å². The first kappa shape index (κ1) is 15.3. The highest BCUT2D eigenvalue weighted by Gasteiger charge is 2.31. The molecule has 0 saturated carbocycles. The van der Waals surface area contributed by atoms with E-state index in [2.05, 4.69) is 14.7 Å². The number of H-pyrrole nitrogens is 1. The number of aromatic amines is 1. The lowest BCUT2D eigenvalue weighted by molar-refractivity contribution is -0.137. The van der Waals surface area contributed by atoms with E-state index in [0.717, 1.165) is 24.4 Å². The summed E-state index contributed by atoms with van der Waals surface area (Å²) >= 11 is 0. The van der Waals surface area contributed by atoms with Crippen LogP contribution in [-0.4, -0.2) is 18.4 Å². The summed E-state index contributed by atoms with van der Waals surface area (Å²) in [4.78, 5) is 5.97. The van der Waals surface area contributed by atoms with E-state index in [1.165, 1.54) is 6.33 Å². The molecular weight excluding hydrogens is 309 g/mol. The van der Waals surface area contributed by atoms with Gasteiger partial charge in [-0.3, -0.25) is 4.72 Å². The van der Waals surface area contributed by atoms with Gasteiger partial charge >= 0.3 is 6.18 Å². The molecule has 0 saturated heterocycles. The molecule has 2 aromatic rings. The second kappa shape index (κ2) is 5.37. The van der Waals surface area contributed by atoms with E-state index < -0.39 is 21.8 Å². The van der Waals surface area contributed by atoms with Crippen molar-refractivity contribution in [3.63, 3.8) is 0 Å². The highest BCUT2D eigenvalue weighted by molar-refractivity contribution is 7.92. The maximum absolute atomic E-state index is 12.6. The number of hydrogen-bond donors (Lipinski definition) is 3. The van der Waals surface area contributed by atoms with Crippen molar-refractivity contribution in [1.82, 2.24) is 9.97 Å². The van der Waals surface area contributed by atoms with E-state index >= 15 is 0 Å². The predicted octanol–water partition coefficient (Wildman–Crippen LogP) is 1.69. The topological polar surface area (TPSA) is 101 Å². The minimum Gasteiger partial charge on any atom is -0.334 e. The van der Waals surface area contributed by atoms with Gasteiger partial charge in [0.15, 0.2) is 5.03 Å². The van der Waals surface area contributed by atoms with E-state index in [4.69, 9.17) is 5.73 Å². The molecule has 4 N–H and O–H groups in total. The van der Waals surface area contributed by atoms with Gasteiger partial charge in [0.2, 0.25) is 0 Å². The summed E-state index contributed by atoms with van der Waals surface area (Å²) in [7, 11) is -3.96. The van der Waals surface area contributed by atoms with Crippen LogP contribution in [0.25, 0.3) is 0 Å². The normalized spacial score (nSPS) is 12.4. The van der Waals surface area contributed by atoms with Gasteiger partial charge in [-0.15, -0.1) is 0 Å². The zero-order valence-corrected chi connectivity index (χ0v) is 11.3. The molecule has 6 nitrogen and oxygen atoms in total. The van der Waals surface area contributed by atoms with Crippen LogP contribution in [-0.2, 0) is 22.7 Å². The van der Waals surface area contributed by atoms with Crippen molar-refractivity contribution < 1.29 is 21.6 Å². The first-order chi connectivity index (χ1) is 9.74. The average Bonchev–Trinajstić information content (AvgIpc) is 2.92. The number of halogens is 3. The molecule has 0 amide bonds. The molecule has 10 heteroatoms. The summed E-state index contributed by atoms with van der Waals surface area (Å²) in [5.74, 6) is 0. The summed E-state index contributed by atoms with van der Waals surface area (Å²) in [6.07, 6.45) is -2.27. The molecule has 21 heavy (non-hydrogen) atoms. The lowest BCUT2D eigenvalue weighted by Crippen LogP contribution is -2.16. The van der Waals surface area contributed by atoms with Gasteiger partial charge in [0.25, 0.3) is 10.0 Å². The maximum atomic E-state index is 12.6. The summed E-state index contributed by atoms with van der Waals surface area (Å²) in [5, 5.41) is -0.203. The lowest BCUT2D eigenvalue weighted by atomic mass is 10.1. The van der Waals surface area contributed by atoms with Gasteiger partial charge in [0.1, 0.15) is 0 Å². The van der Waals surface area contributed by atoms with E-state index in [1.54, 1.807) is 0 Å². The largest absolute Gasteiger partial charge is 0.416 e. The van der Waals surface area contributed by atoms with Crippen molar-refractivity contribution in [3.8, 4) is 0 Å². The number of nitrogens with zero attached hydrogens (tertiary/aromatic N) is 1. The minimum absolute atomic E-state index is 0.0138. The molecule has 1 aromatic heterocycles. The zero-order chi connectivity index (χ0) is 15.7. The number of aromatic nitrogens is 2. The smallest absolute Gasteiger partial charge is 0.334 e. The zero-order valence-electron chi connectivity index (χ0n) is 10.5. The van der Waals surface area contributed by atoms with Crippen LogP contribution in [0.2, 0.25) is 0 Å². The Morgan fingerprint density at radius 3 is 2.57 bits per heavy atom. The van der Waals surface area contributed by atoms with Crippen LogP contribution >= 0.6 is 0 Å². The Morgan fingerprint density at radius 1 is 1.33 bits per heavy atom. The van der Waals surface area contributed by atoms with Gasteiger partial charge in [0.05, 0.1) is 23.8 Å². The molecule has 0 fully saturated rings. The summed E-state index contributed by atoms with van der Waals surface area (Å²) in [6.45, 7) is -0.245. The van der Waals surface area contributed by atoms with Crippen molar-refractivity contribution in [1.29, 1.82) is 0 Å². The van der Waals surface area contributed by atoms with Crippen molar-refractivity contribution in [3.05, 3.63) is 41.9 Å². The second-order valence-corrected chi connectivity index (χ2v) is 5.75. The number of hydrogen-bond acceptors (Lipinski definition) is 4. The molecular formula is C11H11F3N4O2S. The standard InChI is InChI=1S/C11H11F3N4O2S/c12-11(13,14)8-1-2-9(7(3-8)4-15)18-21(19,20)10-5-16-6-17-10/h1-3,5-6,18H,4,15H2,(H,16,17). The number of imidazole rings is 1. The van der Waals surface area contributed by atoms with E-state index in [1.807, 2.05) is 0 Å². The average molecular weight is 320 g/mol. The Labute approximate surface area is 118 Å². The Kier molecular flexibility index (Phi) is 3.92. The van der Waals surface area contributed by atoms with E-state index in [-0.39, 0.29) is 22.8 Å². The number of nitrogens with two attached hydrogens (primary N) is 1. The Bertz CT molecular complexity index is 726. The molecule has 1 heterocycles. The Hall–Kier alpha value is -2.07. The Balaban J connectivity index is 2.37. The molecule has 114 valence electrons. The van der Waals surface area contributed by atoms with Crippen molar-refractivity contribution in [2.45, 2.75) is 17.7 Å². The summed E-state index contributed by atoms with van der Waals surface area (Å²) in [6, 6.07) is 2.62. The van der Waals surface area contributed by atoms with E-state index in [9.17, 15) is 21.6 Å². The molecule has 0 radical (unpaired) electrons. The molecule has 2 rings (SSSR count). The van der Waals surface area contributed by atoms with Crippen LogP contribution in [0.4, 0.5) is 18.9 Å². The molecule has 1 aromatic carbocycles. The minimum atomic E-state index is -4.52. The van der Waals surface area contributed by atoms with Crippen LogP contribution in [0.3, 0.4) is 0 Å². The van der Waals surface area contributed by atoms with Gasteiger partial charge in [0, 0.05) is 6.54 Å². The van der Waals surface area contributed by atoms with Gasteiger partial charge in [-0.05, 0) is 23.8 Å². The number of rotatable bonds is 4. The highest BCUT2D eigenvalue weighted by atomic mass is 32.2. The highest BCUT2D eigenvalue weighted by Crippen LogP contribution is 2.32. The van der Waals surface area contributed by atoms with Gasteiger partial charge in [-0.25, -0.2) is 4.98 Å². The van der Waals surface area contributed by atoms with Gasteiger partial charge < -0.3 is 10.7 Å². The summed E-state index contributed by atoms with van der Waals surface area (Å²) < 4.78 is 63.9. The lowest BCUT2D eigenvalue weighted by Gasteiger charge is -2.13. The first-order valence-electron chi connectivity index (χ1n) is 5.65. The number of benzene rings is 1. The van der Waals surface area contributed by atoms with Crippen LogP contribution < -0.4 is 10.5 Å². The monoisotopic (exact) mass is 320 g/mol. The van der Waals surface area contributed by atoms with Gasteiger partial charge in [-0.1, -0.05) is 0 Å². The fourth-order valence-corrected chi connectivity index (χ4v) is 2.63. The fourth-order valence-electron chi connectivity index (χ4n) is 1.63. The first-order valence-corrected chi connectivity index (χ1v) is 7.14. The SMILES string of the molecule is NCc1cc(C(F)(F)F)ccc1NS(=O)(=O)c1cnc[nH]1. The third-order valence-electron chi connectivity index (χ3n) is 2.66. The Morgan fingerprint density at radius 2 is 2.05 bits per heavy atom. The van der Waals surface area contributed by atoms with Crippen LogP contribution in [0.1, 0.15) is 11.1 Å².